The van der Waals surface area contributed by atoms with E-state index in [1.165, 1.54) is 24.7 Å². The maximum atomic E-state index is 13.2. The molecule has 0 unspecified atom stereocenters. The standard InChI is InChI=1S/C24H18F3N7O2/c1-4-36-22(35)16-9-15(11-29-12-16)19-13-30-23(31-18-8-14(2)7-17(10-18)28-3)32-21(19)34-6-5-20(33-34)24(25,26)27/h5-13H,4H2,1-2H3,(H,30,31,32). The van der Waals surface area contributed by atoms with Crippen LogP contribution in [0.4, 0.5) is 30.5 Å². The molecule has 1 N–H and O–H groups in total. The molecule has 0 saturated carbocycles. The number of pyridine rings is 1. The molecular formula is C24H18F3N7O2. The quantitative estimate of drug-likeness (QED) is 0.279. The number of carbonyl (C=O) groups is 1. The van der Waals surface area contributed by atoms with Crippen LogP contribution in [-0.4, -0.2) is 37.3 Å². The molecule has 1 aromatic carbocycles. The Bertz CT molecular complexity index is 1480. The first-order valence-corrected chi connectivity index (χ1v) is 10.6. The van der Waals surface area contributed by atoms with E-state index in [1.54, 1.807) is 25.1 Å². The summed E-state index contributed by atoms with van der Waals surface area (Å²) in [4.78, 5) is 28.3. The van der Waals surface area contributed by atoms with Crippen molar-refractivity contribution < 1.29 is 22.7 Å². The number of nitrogens with zero attached hydrogens (tertiary/aromatic N) is 6. The van der Waals surface area contributed by atoms with Crippen LogP contribution in [0.25, 0.3) is 21.8 Å². The summed E-state index contributed by atoms with van der Waals surface area (Å²) < 4.78 is 45.7. The Morgan fingerprint density at radius 1 is 1.19 bits per heavy atom. The molecule has 0 spiro atoms. The smallest absolute Gasteiger partial charge is 0.435 e. The summed E-state index contributed by atoms with van der Waals surface area (Å²) >= 11 is 0. The van der Waals surface area contributed by atoms with Crippen LogP contribution in [0.1, 0.15) is 28.5 Å². The lowest BCUT2D eigenvalue weighted by Crippen LogP contribution is -2.10. The lowest BCUT2D eigenvalue weighted by Gasteiger charge is -2.13. The first-order chi connectivity index (χ1) is 17.2. The van der Waals surface area contributed by atoms with Gasteiger partial charge in [0.1, 0.15) is 0 Å². The van der Waals surface area contributed by atoms with E-state index in [1.807, 2.05) is 6.92 Å². The number of halogens is 3. The van der Waals surface area contributed by atoms with Crippen LogP contribution in [0.3, 0.4) is 0 Å². The molecule has 0 bridgehead atoms. The van der Waals surface area contributed by atoms with Gasteiger partial charge >= 0.3 is 12.1 Å². The van der Waals surface area contributed by atoms with Gasteiger partial charge in [0.25, 0.3) is 0 Å². The predicted molar refractivity (Wildman–Crippen MR) is 124 cm³/mol. The number of aryl methyl sites for hydroxylation is 1. The number of hydrogen-bond donors (Lipinski definition) is 1. The zero-order chi connectivity index (χ0) is 25.9. The average molecular weight is 493 g/mol. The summed E-state index contributed by atoms with van der Waals surface area (Å²) in [6.45, 7) is 10.9. The molecule has 182 valence electrons. The number of anilines is 2. The van der Waals surface area contributed by atoms with Gasteiger partial charge in [-0.1, -0.05) is 11.6 Å². The highest BCUT2D eigenvalue weighted by Gasteiger charge is 2.34. The third-order valence-corrected chi connectivity index (χ3v) is 4.87. The van der Waals surface area contributed by atoms with Crippen LogP contribution >= 0.6 is 0 Å². The molecule has 4 rings (SSSR count). The predicted octanol–water partition coefficient (Wildman–Crippen LogP) is 5.52. The van der Waals surface area contributed by atoms with Gasteiger partial charge in [-0.05, 0) is 38.1 Å². The van der Waals surface area contributed by atoms with Crippen LogP contribution in [0.15, 0.2) is 55.1 Å². The van der Waals surface area contributed by atoms with E-state index in [2.05, 4.69) is 30.2 Å². The highest BCUT2D eigenvalue weighted by atomic mass is 19.4. The van der Waals surface area contributed by atoms with Crippen molar-refractivity contribution >= 4 is 23.3 Å². The van der Waals surface area contributed by atoms with E-state index in [4.69, 9.17) is 11.3 Å². The van der Waals surface area contributed by atoms with Crippen molar-refractivity contribution in [2.24, 2.45) is 0 Å². The van der Waals surface area contributed by atoms with Crippen molar-refractivity contribution in [2.75, 3.05) is 11.9 Å². The van der Waals surface area contributed by atoms with Crippen molar-refractivity contribution in [3.05, 3.63) is 83.4 Å². The SMILES string of the molecule is [C-]#[N+]c1cc(C)cc(Nc2ncc(-c3cncc(C(=O)OCC)c3)c(-n3ccc(C(F)(F)F)n3)n2)c1. The van der Waals surface area contributed by atoms with E-state index < -0.39 is 17.8 Å². The molecule has 0 aliphatic heterocycles. The third-order valence-electron chi connectivity index (χ3n) is 4.87. The van der Waals surface area contributed by atoms with Crippen LogP contribution in [0.5, 0.6) is 0 Å². The maximum Gasteiger partial charge on any atom is 0.435 e. The first kappa shape index (κ1) is 24.3. The van der Waals surface area contributed by atoms with E-state index in [0.29, 0.717) is 16.9 Å². The molecule has 0 radical (unpaired) electrons. The van der Waals surface area contributed by atoms with Gasteiger partial charge in [-0.15, -0.1) is 0 Å². The van der Waals surface area contributed by atoms with Crippen molar-refractivity contribution in [3.8, 4) is 16.9 Å². The minimum Gasteiger partial charge on any atom is -0.462 e. The van der Waals surface area contributed by atoms with Gasteiger partial charge in [0, 0.05) is 41.6 Å². The minimum absolute atomic E-state index is 0.0175. The Hall–Kier alpha value is -4.79. The number of rotatable bonds is 6. The van der Waals surface area contributed by atoms with E-state index in [9.17, 15) is 18.0 Å². The van der Waals surface area contributed by atoms with E-state index >= 15 is 0 Å². The Morgan fingerprint density at radius 3 is 2.69 bits per heavy atom. The molecule has 0 fully saturated rings. The van der Waals surface area contributed by atoms with Gasteiger partial charge in [-0.2, -0.15) is 23.3 Å². The molecule has 4 aromatic rings. The fourth-order valence-electron chi connectivity index (χ4n) is 3.35. The number of hydrogen-bond acceptors (Lipinski definition) is 7. The second-order valence-electron chi connectivity index (χ2n) is 7.55. The fraction of sp³-hybridized carbons (Fsp3) is 0.167. The van der Waals surface area contributed by atoms with Crippen LogP contribution in [-0.2, 0) is 10.9 Å². The molecule has 3 aromatic heterocycles. The van der Waals surface area contributed by atoms with Gasteiger partial charge in [0.2, 0.25) is 5.95 Å². The summed E-state index contributed by atoms with van der Waals surface area (Å²) in [6.07, 6.45) is 0.611. The van der Waals surface area contributed by atoms with Crippen LogP contribution < -0.4 is 5.32 Å². The Kier molecular flexibility index (Phi) is 6.64. The number of benzene rings is 1. The molecule has 0 aliphatic rings. The average Bonchev–Trinajstić information content (AvgIpc) is 3.35. The van der Waals surface area contributed by atoms with Gasteiger partial charge in [0.05, 0.1) is 18.7 Å². The number of alkyl halides is 3. The fourth-order valence-corrected chi connectivity index (χ4v) is 3.35. The molecule has 12 heteroatoms. The Morgan fingerprint density at radius 2 is 2.00 bits per heavy atom. The minimum atomic E-state index is -4.65. The Labute approximate surface area is 203 Å². The normalized spacial score (nSPS) is 11.1. The zero-order valence-electron chi connectivity index (χ0n) is 19.0. The largest absolute Gasteiger partial charge is 0.462 e. The number of ether oxygens (including phenoxy) is 1. The van der Waals surface area contributed by atoms with Crippen LogP contribution in [0, 0.1) is 13.5 Å². The lowest BCUT2D eigenvalue weighted by atomic mass is 10.1. The number of esters is 1. The maximum absolute atomic E-state index is 13.2. The van der Waals surface area contributed by atoms with Gasteiger partial charge in [0.15, 0.2) is 17.2 Å². The van der Waals surface area contributed by atoms with E-state index in [0.717, 1.165) is 22.5 Å². The van der Waals surface area contributed by atoms with Crippen molar-refractivity contribution in [3.63, 3.8) is 0 Å². The van der Waals surface area contributed by atoms with Gasteiger partial charge in [-0.25, -0.2) is 19.3 Å². The summed E-state index contributed by atoms with van der Waals surface area (Å²) in [5, 5.41) is 6.61. The molecule has 0 amide bonds. The molecule has 9 nitrogen and oxygen atoms in total. The van der Waals surface area contributed by atoms with Crippen molar-refractivity contribution in [2.45, 2.75) is 20.0 Å². The van der Waals surface area contributed by atoms with E-state index in [-0.39, 0.29) is 29.5 Å². The molecule has 0 atom stereocenters. The second kappa shape index (κ2) is 9.83. The number of nitrogens with one attached hydrogen (secondary N) is 1. The molecule has 0 aliphatic carbocycles. The highest BCUT2D eigenvalue weighted by molar-refractivity contribution is 5.90. The van der Waals surface area contributed by atoms with Crippen molar-refractivity contribution in [1.82, 2.24) is 24.7 Å². The summed E-state index contributed by atoms with van der Waals surface area (Å²) in [5.74, 6) is -0.515. The molecule has 0 saturated heterocycles. The molecule has 36 heavy (non-hydrogen) atoms. The highest BCUT2D eigenvalue weighted by Crippen LogP contribution is 2.31. The number of aromatic nitrogens is 5. The monoisotopic (exact) mass is 493 g/mol. The third kappa shape index (κ3) is 5.30. The zero-order valence-corrected chi connectivity index (χ0v) is 19.0. The van der Waals surface area contributed by atoms with Gasteiger partial charge in [-0.3, -0.25) is 4.98 Å². The first-order valence-electron chi connectivity index (χ1n) is 10.6. The lowest BCUT2D eigenvalue weighted by molar-refractivity contribution is -0.141. The summed E-state index contributed by atoms with van der Waals surface area (Å²) in [5.41, 5.74) is 1.47. The topological polar surface area (TPSA) is 99.2 Å². The van der Waals surface area contributed by atoms with Gasteiger partial charge < -0.3 is 10.1 Å². The van der Waals surface area contributed by atoms with Crippen molar-refractivity contribution in [1.29, 1.82) is 0 Å². The molecular weight excluding hydrogens is 475 g/mol. The second-order valence-corrected chi connectivity index (χ2v) is 7.55. The summed E-state index contributed by atoms with van der Waals surface area (Å²) in [6, 6.07) is 7.39. The summed E-state index contributed by atoms with van der Waals surface area (Å²) in [7, 11) is 0. The molecule has 3 heterocycles. The Balaban J connectivity index is 1.81. The number of carbonyl (C=O) groups excluding carboxylic acids is 1. The van der Waals surface area contributed by atoms with Crippen LogP contribution in [0.2, 0.25) is 0 Å².